The van der Waals surface area contributed by atoms with E-state index in [2.05, 4.69) is 10.1 Å². The predicted molar refractivity (Wildman–Crippen MR) is 97.0 cm³/mol. The molecule has 2 aliphatic rings. The summed E-state index contributed by atoms with van der Waals surface area (Å²) in [6, 6.07) is 0. The number of nitrogens with zero attached hydrogens (tertiary/aromatic N) is 4. The number of ether oxygens (including phenoxy) is 1. The first-order valence-electron chi connectivity index (χ1n) is 9.49. The minimum atomic E-state index is -3.41. The third kappa shape index (κ3) is 4.27. The maximum Gasteiger partial charge on any atom is 0.281 e. The van der Waals surface area contributed by atoms with Crippen molar-refractivity contribution < 1.29 is 17.7 Å². The molecule has 2 fully saturated rings. The van der Waals surface area contributed by atoms with Gasteiger partial charge in [0.15, 0.2) is 5.82 Å². The number of hydrogen-bond acceptors (Lipinski definition) is 6. The van der Waals surface area contributed by atoms with E-state index in [9.17, 15) is 8.42 Å². The predicted octanol–water partition coefficient (Wildman–Crippen LogP) is 1.98. The molecule has 2 saturated heterocycles. The third-order valence-electron chi connectivity index (χ3n) is 5.31. The van der Waals surface area contributed by atoms with E-state index < -0.39 is 10.2 Å². The Morgan fingerprint density at radius 1 is 1.19 bits per heavy atom. The van der Waals surface area contributed by atoms with Crippen LogP contribution in [-0.4, -0.2) is 67.1 Å². The molecule has 0 spiro atoms. The van der Waals surface area contributed by atoms with Gasteiger partial charge in [-0.3, -0.25) is 0 Å². The van der Waals surface area contributed by atoms with E-state index in [4.69, 9.17) is 9.26 Å². The highest BCUT2D eigenvalue weighted by Gasteiger charge is 2.37. The summed E-state index contributed by atoms with van der Waals surface area (Å²) < 4.78 is 39.8. The molecule has 0 N–H and O–H groups in total. The summed E-state index contributed by atoms with van der Waals surface area (Å²) in [6.07, 6.45) is 3.35. The average Bonchev–Trinajstić information content (AvgIpc) is 3.13. The molecule has 8 nitrogen and oxygen atoms in total. The Kier molecular flexibility index (Phi) is 6.32. The lowest BCUT2D eigenvalue weighted by molar-refractivity contribution is 0.115. The van der Waals surface area contributed by atoms with Crippen LogP contribution in [0, 0.1) is 5.92 Å². The second kappa shape index (κ2) is 8.33. The molecular formula is C17H30N4O4S. The first-order valence-corrected chi connectivity index (χ1v) is 10.9. The van der Waals surface area contributed by atoms with Gasteiger partial charge in [-0.15, -0.1) is 0 Å². The van der Waals surface area contributed by atoms with Gasteiger partial charge < -0.3 is 9.26 Å². The van der Waals surface area contributed by atoms with Gasteiger partial charge in [-0.1, -0.05) is 19.0 Å². The smallest absolute Gasteiger partial charge is 0.281 e. The highest BCUT2D eigenvalue weighted by molar-refractivity contribution is 7.86. The van der Waals surface area contributed by atoms with Crippen molar-refractivity contribution in [1.29, 1.82) is 0 Å². The van der Waals surface area contributed by atoms with Gasteiger partial charge in [0.2, 0.25) is 5.89 Å². The van der Waals surface area contributed by atoms with Crippen LogP contribution in [0.1, 0.15) is 63.1 Å². The van der Waals surface area contributed by atoms with Crippen molar-refractivity contribution in [3.8, 4) is 0 Å². The van der Waals surface area contributed by atoms with Crippen LogP contribution in [-0.2, 0) is 14.9 Å². The van der Waals surface area contributed by atoms with Gasteiger partial charge in [0, 0.05) is 45.1 Å². The lowest BCUT2D eigenvalue weighted by atomic mass is 9.98. The lowest BCUT2D eigenvalue weighted by Gasteiger charge is -2.37. The summed E-state index contributed by atoms with van der Waals surface area (Å²) in [5.74, 6) is 2.02. The van der Waals surface area contributed by atoms with Crippen molar-refractivity contribution in [3.05, 3.63) is 11.7 Å². The number of aromatic nitrogens is 2. The van der Waals surface area contributed by atoms with Gasteiger partial charge in [-0.25, -0.2) is 0 Å². The van der Waals surface area contributed by atoms with Crippen LogP contribution in [0.3, 0.4) is 0 Å². The van der Waals surface area contributed by atoms with Crippen molar-refractivity contribution in [1.82, 2.24) is 18.8 Å². The van der Waals surface area contributed by atoms with Crippen LogP contribution in [0.15, 0.2) is 4.52 Å². The maximum absolute atomic E-state index is 13.0. The summed E-state index contributed by atoms with van der Waals surface area (Å²) in [5.41, 5.74) is 0. The van der Waals surface area contributed by atoms with E-state index in [-0.39, 0.29) is 17.8 Å². The van der Waals surface area contributed by atoms with E-state index in [1.807, 2.05) is 13.8 Å². The number of methoxy groups -OCH3 is 1. The van der Waals surface area contributed by atoms with Crippen LogP contribution < -0.4 is 0 Å². The van der Waals surface area contributed by atoms with E-state index in [1.54, 1.807) is 15.7 Å². The van der Waals surface area contributed by atoms with E-state index in [0.717, 1.165) is 12.8 Å². The monoisotopic (exact) mass is 386 g/mol. The van der Waals surface area contributed by atoms with Crippen molar-refractivity contribution in [2.75, 3.05) is 39.9 Å². The number of piperidine rings is 2. The minimum Gasteiger partial charge on any atom is -0.384 e. The second-order valence-electron chi connectivity index (χ2n) is 7.65. The Morgan fingerprint density at radius 2 is 1.92 bits per heavy atom. The van der Waals surface area contributed by atoms with Gasteiger partial charge in [0.05, 0.1) is 6.61 Å². The molecule has 26 heavy (non-hydrogen) atoms. The Morgan fingerprint density at radius 3 is 2.54 bits per heavy atom. The molecule has 1 aromatic rings. The van der Waals surface area contributed by atoms with Crippen molar-refractivity contribution >= 4 is 10.2 Å². The minimum absolute atomic E-state index is 0.143. The fraction of sp³-hybridized carbons (Fsp3) is 0.882. The normalized spacial score (nSPS) is 24.4. The lowest BCUT2D eigenvalue weighted by Crippen LogP contribution is -2.50. The summed E-state index contributed by atoms with van der Waals surface area (Å²) >= 11 is 0. The fourth-order valence-corrected chi connectivity index (χ4v) is 5.51. The average molecular weight is 387 g/mol. The first-order chi connectivity index (χ1) is 12.4. The van der Waals surface area contributed by atoms with Crippen LogP contribution >= 0.6 is 0 Å². The molecule has 3 heterocycles. The van der Waals surface area contributed by atoms with Crippen molar-refractivity contribution in [2.45, 2.75) is 51.4 Å². The summed E-state index contributed by atoms with van der Waals surface area (Å²) in [6.45, 7) is 6.82. The molecule has 9 heteroatoms. The first kappa shape index (κ1) is 19.7. The molecule has 1 unspecified atom stereocenters. The standard InChI is InChI=1S/C17H30N4O4S/c1-13(2)16-18-17(25-19-16)15-6-9-20(10-7-15)26(22,23)21-8-4-5-14(11-21)12-24-3/h13-15H,4-12H2,1-3H3. The molecular weight excluding hydrogens is 356 g/mol. The SMILES string of the molecule is COCC1CCCN(S(=O)(=O)N2CCC(c3nc(C(C)C)no3)CC2)C1. The van der Waals surface area contributed by atoms with Gasteiger partial charge in [-0.05, 0) is 31.6 Å². The highest BCUT2D eigenvalue weighted by atomic mass is 32.2. The van der Waals surface area contributed by atoms with Gasteiger partial charge >= 0.3 is 0 Å². The van der Waals surface area contributed by atoms with E-state index >= 15 is 0 Å². The van der Waals surface area contributed by atoms with Crippen molar-refractivity contribution in [2.24, 2.45) is 5.92 Å². The summed E-state index contributed by atoms with van der Waals surface area (Å²) in [7, 11) is -1.74. The van der Waals surface area contributed by atoms with Crippen molar-refractivity contribution in [3.63, 3.8) is 0 Å². The largest absolute Gasteiger partial charge is 0.384 e. The zero-order valence-corrected chi connectivity index (χ0v) is 16.7. The Bertz CT molecular complexity index is 681. The van der Waals surface area contributed by atoms with Crippen LogP contribution in [0.2, 0.25) is 0 Å². The van der Waals surface area contributed by atoms with Crippen LogP contribution in [0.25, 0.3) is 0 Å². The molecule has 1 atom stereocenters. The fourth-order valence-electron chi connectivity index (χ4n) is 3.75. The number of rotatable bonds is 6. The van der Waals surface area contributed by atoms with E-state index in [1.165, 1.54) is 0 Å². The zero-order chi connectivity index (χ0) is 18.7. The third-order valence-corrected chi connectivity index (χ3v) is 7.32. The second-order valence-corrected chi connectivity index (χ2v) is 9.58. The molecule has 2 aliphatic heterocycles. The molecule has 0 aliphatic carbocycles. The molecule has 0 radical (unpaired) electrons. The molecule has 3 rings (SSSR count). The topological polar surface area (TPSA) is 88.8 Å². The Balaban J connectivity index is 1.59. The quantitative estimate of drug-likeness (QED) is 0.743. The summed E-state index contributed by atoms with van der Waals surface area (Å²) in [5, 5.41) is 4.02. The molecule has 0 aromatic carbocycles. The van der Waals surface area contributed by atoms with Gasteiger partial charge in [0.25, 0.3) is 10.2 Å². The molecule has 1 aromatic heterocycles. The van der Waals surface area contributed by atoms with Gasteiger partial charge in [-0.2, -0.15) is 22.0 Å². The molecule has 0 amide bonds. The molecule has 0 bridgehead atoms. The Labute approximate surface area is 156 Å². The Hall–Kier alpha value is -1.03. The highest BCUT2D eigenvalue weighted by Crippen LogP contribution is 2.30. The van der Waals surface area contributed by atoms with Crippen LogP contribution in [0.5, 0.6) is 0 Å². The van der Waals surface area contributed by atoms with Crippen LogP contribution in [0.4, 0.5) is 0 Å². The van der Waals surface area contributed by atoms with Gasteiger partial charge in [0.1, 0.15) is 0 Å². The summed E-state index contributed by atoms with van der Waals surface area (Å²) in [4.78, 5) is 4.47. The molecule has 148 valence electrons. The molecule has 0 saturated carbocycles. The zero-order valence-electron chi connectivity index (χ0n) is 15.9. The van der Waals surface area contributed by atoms with E-state index in [0.29, 0.717) is 57.3 Å². The maximum atomic E-state index is 13.0. The number of hydrogen-bond donors (Lipinski definition) is 0.